The van der Waals surface area contributed by atoms with Gasteiger partial charge in [-0.05, 0) is 12.1 Å². The Morgan fingerprint density at radius 3 is 2.44 bits per heavy atom. The number of thioether (sulfide) groups is 1. The summed E-state index contributed by atoms with van der Waals surface area (Å²) >= 11 is 1.38. The number of nitrogens with one attached hydrogen (secondary N) is 1. The molecule has 1 aromatic heterocycles. The lowest BCUT2D eigenvalue weighted by atomic mass is 10.1. The molecule has 0 fully saturated rings. The van der Waals surface area contributed by atoms with Crippen LogP contribution in [-0.4, -0.2) is 22.3 Å². The monoisotopic (exact) mass is 349 g/mol. The molecule has 3 rings (SSSR count). The van der Waals surface area contributed by atoms with E-state index in [2.05, 4.69) is 9.97 Å². The maximum atomic E-state index is 12.2. The van der Waals surface area contributed by atoms with Gasteiger partial charge in [-0.25, -0.2) is 4.98 Å². The summed E-state index contributed by atoms with van der Waals surface area (Å²) in [6.07, 6.45) is 0. The van der Waals surface area contributed by atoms with Crippen molar-refractivity contribution in [1.82, 2.24) is 9.97 Å². The van der Waals surface area contributed by atoms with Gasteiger partial charge in [-0.1, -0.05) is 60.3 Å². The van der Waals surface area contributed by atoms with E-state index in [1.54, 1.807) is 0 Å². The highest BCUT2D eigenvalue weighted by molar-refractivity contribution is 7.99. The van der Waals surface area contributed by atoms with Crippen LogP contribution in [0.2, 0.25) is 0 Å². The predicted octanol–water partition coefficient (Wildman–Crippen LogP) is 3.48. The summed E-state index contributed by atoms with van der Waals surface area (Å²) < 4.78 is 5.62. The molecule has 6 heteroatoms. The molecule has 124 valence electrons. The molecule has 1 N–H and O–H groups in total. The number of benzene rings is 2. The van der Waals surface area contributed by atoms with E-state index in [-0.39, 0.29) is 5.56 Å². The highest BCUT2D eigenvalue weighted by Crippen LogP contribution is 2.21. The van der Waals surface area contributed by atoms with E-state index in [4.69, 9.17) is 4.74 Å². The average molecular weight is 349 g/mol. The van der Waals surface area contributed by atoms with E-state index in [1.807, 2.05) is 66.7 Å². The van der Waals surface area contributed by atoms with Crippen LogP contribution in [-0.2, 0) is 0 Å². The Balaban J connectivity index is 1.73. The molecule has 3 aromatic rings. The predicted molar refractivity (Wildman–Crippen MR) is 97.7 cm³/mol. The Hall–Kier alpha value is -3.04. The second-order valence-corrected chi connectivity index (χ2v) is 6.17. The van der Waals surface area contributed by atoms with E-state index in [9.17, 15) is 10.1 Å². The van der Waals surface area contributed by atoms with Crippen LogP contribution >= 0.6 is 11.8 Å². The van der Waals surface area contributed by atoms with Crippen molar-refractivity contribution in [1.29, 1.82) is 5.26 Å². The molecule has 0 aliphatic rings. The highest BCUT2D eigenvalue weighted by Gasteiger charge is 2.13. The normalized spacial score (nSPS) is 10.2. The molecule has 25 heavy (non-hydrogen) atoms. The Morgan fingerprint density at radius 1 is 1.08 bits per heavy atom. The molecular formula is C19H15N3O2S. The molecule has 5 nitrogen and oxygen atoms in total. The fraction of sp³-hybridized carbons (Fsp3) is 0.105. The maximum Gasteiger partial charge on any atom is 0.270 e. The van der Waals surface area contributed by atoms with Crippen molar-refractivity contribution in [3.63, 3.8) is 0 Å². The Kier molecular flexibility index (Phi) is 5.50. The van der Waals surface area contributed by atoms with E-state index < -0.39 is 5.56 Å². The van der Waals surface area contributed by atoms with Gasteiger partial charge in [0.15, 0.2) is 5.16 Å². The Bertz CT molecular complexity index is 934. The maximum absolute atomic E-state index is 12.2. The lowest BCUT2D eigenvalue weighted by Gasteiger charge is -2.07. The number of rotatable bonds is 6. The lowest BCUT2D eigenvalue weighted by molar-refractivity contribution is 0.344. The van der Waals surface area contributed by atoms with Gasteiger partial charge in [0.25, 0.3) is 5.56 Å². The van der Waals surface area contributed by atoms with Crippen molar-refractivity contribution in [3.8, 4) is 23.1 Å². The van der Waals surface area contributed by atoms with Crippen molar-refractivity contribution < 1.29 is 4.74 Å². The molecule has 0 radical (unpaired) electrons. The van der Waals surface area contributed by atoms with E-state index >= 15 is 0 Å². The van der Waals surface area contributed by atoms with Crippen LogP contribution in [0.1, 0.15) is 5.56 Å². The number of hydrogen-bond acceptors (Lipinski definition) is 5. The van der Waals surface area contributed by atoms with Crippen LogP contribution in [0.5, 0.6) is 5.75 Å². The Labute approximate surface area is 149 Å². The third-order valence-electron chi connectivity index (χ3n) is 3.39. The van der Waals surface area contributed by atoms with Crippen molar-refractivity contribution in [2.45, 2.75) is 5.16 Å². The summed E-state index contributed by atoms with van der Waals surface area (Å²) in [5.41, 5.74) is 0.741. The number of aromatic amines is 1. The minimum Gasteiger partial charge on any atom is -0.493 e. The number of nitrogens with zero attached hydrogens (tertiary/aromatic N) is 2. The molecule has 0 saturated heterocycles. The first-order valence-corrected chi connectivity index (χ1v) is 8.67. The molecule has 0 bridgehead atoms. The third-order valence-corrected chi connectivity index (χ3v) is 4.23. The zero-order chi connectivity index (χ0) is 17.5. The van der Waals surface area contributed by atoms with Crippen molar-refractivity contribution in [2.24, 2.45) is 0 Å². The molecule has 0 atom stereocenters. The van der Waals surface area contributed by atoms with Gasteiger partial charge in [-0.2, -0.15) is 5.26 Å². The number of H-pyrrole nitrogens is 1. The SMILES string of the molecule is N#Cc1c(-c2ccccc2)nc(SCCOc2ccccc2)[nH]c1=O. The molecule has 2 aromatic carbocycles. The second-order valence-electron chi connectivity index (χ2n) is 5.08. The van der Waals surface area contributed by atoms with Crippen LogP contribution in [0.4, 0.5) is 0 Å². The molecule has 0 aliphatic heterocycles. The van der Waals surface area contributed by atoms with Gasteiger partial charge in [0, 0.05) is 11.3 Å². The fourth-order valence-electron chi connectivity index (χ4n) is 2.24. The number of nitriles is 1. The van der Waals surface area contributed by atoms with Gasteiger partial charge in [0.05, 0.1) is 12.3 Å². The van der Waals surface area contributed by atoms with Gasteiger partial charge in [0.2, 0.25) is 0 Å². The molecule has 0 unspecified atom stereocenters. The van der Waals surface area contributed by atoms with Gasteiger partial charge in [-0.3, -0.25) is 4.79 Å². The third kappa shape index (κ3) is 4.28. The molecule has 0 saturated carbocycles. The number of aromatic nitrogens is 2. The number of para-hydroxylation sites is 1. The summed E-state index contributed by atoms with van der Waals surface area (Å²) in [5.74, 6) is 1.42. The van der Waals surface area contributed by atoms with Crippen molar-refractivity contribution in [2.75, 3.05) is 12.4 Å². The van der Waals surface area contributed by atoms with E-state index in [0.29, 0.717) is 23.2 Å². The fourth-order valence-corrected chi connectivity index (χ4v) is 2.92. The van der Waals surface area contributed by atoms with Crippen molar-refractivity contribution >= 4 is 11.8 Å². The van der Waals surface area contributed by atoms with E-state index in [0.717, 1.165) is 11.3 Å². The van der Waals surface area contributed by atoms with Crippen LogP contribution in [0, 0.1) is 11.3 Å². The van der Waals surface area contributed by atoms with Crippen LogP contribution in [0.3, 0.4) is 0 Å². The van der Waals surface area contributed by atoms with Gasteiger partial charge in [-0.15, -0.1) is 0 Å². The zero-order valence-electron chi connectivity index (χ0n) is 13.3. The standard InChI is InChI=1S/C19H15N3O2S/c20-13-16-17(14-7-3-1-4-8-14)21-19(22-18(16)23)25-12-11-24-15-9-5-2-6-10-15/h1-10H,11-12H2,(H,21,22,23). The molecule has 0 aliphatic carbocycles. The quantitative estimate of drug-likeness (QED) is 0.419. The van der Waals surface area contributed by atoms with E-state index in [1.165, 1.54) is 11.8 Å². The minimum atomic E-state index is -0.428. The second kappa shape index (κ2) is 8.18. The first-order valence-electron chi connectivity index (χ1n) is 7.68. The summed E-state index contributed by atoms with van der Waals surface area (Å²) in [6, 6.07) is 20.7. The summed E-state index contributed by atoms with van der Waals surface area (Å²) in [6.45, 7) is 0.485. The number of ether oxygens (including phenoxy) is 1. The molecule has 0 amide bonds. The first-order chi connectivity index (χ1) is 12.3. The minimum absolute atomic E-state index is 0.0242. The average Bonchev–Trinajstić information content (AvgIpc) is 2.66. The van der Waals surface area contributed by atoms with Gasteiger partial charge < -0.3 is 9.72 Å². The number of hydrogen-bond donors (Lipinski definition) is 1. The molecule has 1 heterocycles. The highest BCUT2D eigenvalue weighted by atomic mass is 32.2. The molecule has 0 spiro atoms. The van der Waals surface area contributed by atoms with Crippen molar-refractivity contribution in [3.05, 3.63) is 76.6 Å². The summed E-state index contributed by atoms with van der Waals surface area (Å²) in [7, 11) is 0. The largest absolute Gasteiger partial charge is 0.493 e. The van der Waals surface area contributed by atoms with Crippen LogP contribution in [0.25, 0.3) is 11.3 Å². The Morgan fingerprint density at radius 2 is 1.76 bits per heavy atom. The molecular weight excluding hydrogens is 334 g/mol. The summed E-state index contributed by atoms with van der Waals surface area (Å²) in [5, 5.41) is 9.73. The van der Waals surface area contributed by atoms with Crippen LogP contribution in [0.15, 0.2) is 70.6 Å². The van der Waals surface area contributed by atoms with Gasteiger partial charge >= 0.3 is 0 Å². The van der Waals surface area contributed by atoms with Gasteiger partial charge in [0.1, 0.15) is 17.4 Å². The zero-order valence-corrected chi connectivity index (χ0v) is 14.1. The topological polar surface area (TPSA) is 78.8 Å². The van der Waals surface area contributed by atoms with Crippen LogP contribution < -0.4 is 10.3 Å². The first kappa shape index (κ1) is 16.8. The lowest BCUT2D eigenvalue weighted by Crippen LogP contribution is -2.15. The smallest absolute Gasteiger partial charge is 0.270 e. The summed E-state index contributed by atoms with van der Waals surface area (Å²) in [4.78, 5) is 19.3.